The van der Waals surface area contributed by atoms with Crippen molar-refractivity contribution in [2.24, 2.45) is 7.05 Å². The van der Waals surface area contributed by atoms with Gasteiger partial charge in [0.25, 0.3) is 0 Å². The van der Waals surface area contributed by atoms with Gasteiger partial charge >= 0.3 is 0 Å². The maximum absolute atomic E-state index is 4.09. The van der Waals surface area contributed by atoms with Crippen LogP contribution < -0.4 is 5.32 Å². The molecule has 4 nitrogen and oxygen atoms in total. The molecule has 0 saturated heterocycles. The van der Waals surface area contributed by atoms with Gasteiger partial charge in [-0.1, -0.05) is 51.2 Å². The molecule has 5 heteroatoms. The number of nitrogens with zero attached hydrogens (tertiary/aromatic N) is 3. The Bertz CT molecular complexity index is 332. The highest BCUT2D eigenvalue weighted by Gasteiger charge is 2.18. The van der Waals surface area contributed by atoms with Gasteiger partial charge in [0, 0.05) is 7.05 Å². The fraction of sp³-hybridized carbons (Fsp3) is 0.857. The predicted molar refractivity (Wildman–Crippen MR) is 83.1 cm³/mol. The smallest absolute Gasteiger partial charge is 0.153 e. The quantitative estimate of drug-likeness (QED) is 0.660. The van der Waals surface area contributed by atoms with Gasteiger partial charge in [-0.15, -0.1) is 5.10 Å². The molecule has 0 spiro atoms. The number of aryl methyl sites for hydroxylation is 1. The molecule has 0 radical (unpaired) electrons. The highest BCUT2D eigenvalue weighted by molar-refractivity contribution is 9.10. The van der Waals surface area contributed by atoms with Crippen LogP contribution in [0.15, 0.2) is 4.60 Å². The van der Waals surface area contributed by atoms with Crippen LogP contribution in [0.2, 0.25) is 0 Å². The normalized spacial score (nSPS) is 12.8. The number of hydrogen-bond acceptors (Lipinski definition) is 3. The average molecular weight is 331 g/mol. The highest BCUT2D eigenvalue weighted by atomic mass is 79.9. The van der Waals surface area contributed by atoms with Crippen LogP contribution in [0.4, 0.5) is 0 Å². The Labute approximate surface area is 125 Å². The second-order valence-corrected chi connectivity index (χ2v) is 5.85. The molecular weight excluding hydrogens is 304 g/mol. The molecule has 1 aromatic rings. The molecule has 110 valence electrons. The molecular formula is C14H27BrN4. The molecule has 0 fully saturated rings. The maximum Gasteiger partial charge on any atom is 0.153 e. The van der Waals surface area contributed by atoms with Gasteiger partial charge in [-0.2, -0.15) is 0 Å². The number of rotatable bonds is 10. The summed E-state index contributed by atoms with van der Waals surface area (Å²) in [6, 6.07) is 0.357. The van der Waals surface area contributed by atoms with Crippen molar-refractivity contribution < 1.29 is 0 Å². The summed E-state index contributed by atoms with van der Waals surface area (Å²) in [6.07, 6.45) is 8.89. The summed E-state index contributed by atoms with van der Waals surface area (Å²) in [6.45, 7) is 5.49. The summed E-state index contributed by atoms with van der Waals surface area (Å²) >= 11 is 3.51. The Kier molecular flexibility index (Phi) is 8.30. The van der Waals surface area contributed by atoms with Gasteiger partial charge < -0.3 is 5.32 Å². The van der Waals surface area contributed by atoms with E-state index in [1.54, 1.807) is 0 Å². The molecule has 0 aromatic carbocycles. The molecule has 0 amide bonds. The minimum absolute atomic E-state index is 0.357. The Morgan fingerprint density at radius 1 is 1.16 bits per heavy atom. The minimum Gasteiger partial charge on any atom is -0.309 e. The van der Waals surface area contributed by atoms with Crippen molar-refractivity contribution in [2.75, 3.05) is 6.54 Å². The van der Waals surface area contributed by atoms with Crippen molar-refractivity contribution in [2.45, 2.75) is 64.8 Å². The fourth-order valence-corrected chi connectivity index (χ4v) is 2.92. The van der Waals surface area contributed by atoms with Gasteiger partial charge in [-0.25, -0.2) is 4.68 Å². The average Bonchev–Trinajstić information content (AvgIpc) is 2.73. The van der Waals surface area contributed by atoms with Gasteiger partial charge in [-0.05, 0) is 35.3 Å². The second kappa shape index (κ2) is 9.48. The summed E-state index contributed by atoms with van der Waals surface area (Å²) in [7, 11) is 1.96. The van der Waals surface area contributed by atoms with Crippen LogP contribution in [0, 0.1) is 0 Å². The molecule has 0 aliphatic heterocycles. The second-order valence-electron chi connectivity index (χ2n) is 5.10. The summed E-state index contributed by atoms with van der Waals surface area (Å²) in [5.41, 5.74) is 1.17. The van der Waals surface area contributed by atoms with Gasteiger partial charge in [-0.3, -0.25) is 0 Å². The molecule has 1 unspecified atom stereocenters. The molecule has 1 rings (SSSR count). The molecule has 0 bridgehead atoms. The number of nitrogens with one attached hydrogen (secondary N) is 1. The number of hydrogen-bond donors (Lipinski definition) is 1. The number of unbranched alkanes of at least 4 members (excludes halogenated alkanes) is 4. The van der Waals surface area contributed by atoms with E-state index < -0.39 is 0 Å². The first-order valence-corrected chi connectivity index (χ1v) is 8.28. The third-order valence-electron chi connectivity index (χ3n) is 3.39. The molecule has 0 saturated carbocycles. The molecule has 0 aliphatic carbocycles. The van der Waals surface area contributed by atoms with E-state index in [2.05, 4.69) is 45.4 Å². The first-order chi connectivity index (χ1) is 9.20. The van der Waals surface area contributed by atoms with E-state index in [0.717, 1.165) is 24.0 Å². The summed E-state index contributed by atoms with van der Waals surface area (Å²) in [5.74, 6) is 0. The van der Waals surface area contributed by atoms with Crippen LogP contribution in [0.25, 0.3) is 0 Å². The van der Waals surface area contributed by atoms with Crippen molar-refractivity contribution in [3.8, 4) is 0 Å². The van der Waals surface area contributed by atoms with Crippen molar-refractivity contribution in [1.29, 1.82) is 0 Å². The van der Waals surface area contributed by atoms with E-state index in [-0.39, 0.29) is 0 Å². The van der Waals surface area contributed by atoms with Gasteiger partial charge in [0.15, 0.2) is 4.60 Å². The Hall–Kier alpha value is -0.420. The number of aromatic nitrogens is 3. The molecule has 19 heavy (non-hydrogen) atoms. The van der Waals surface area contributed by atoms with Crippen LogP contribution in [-0.4, -0.2) is 21.5 Å². The van der Waals surface area contributed by atoms with Crippen LogP contribution in [0.5, 0.6) is 0 Å². The van der Waals surface area contributed by atoms with Gasteiger partial charge in [0.1, 0.15) is 0 Å². The first-order valence-electron chi connectivity index (χ1n) is 7.49. The van der Waals surface area contributed by atoms with E-state index >= 15 is 0 Å². The van der Waals surface area contributed by atoms with Crippen LogP contribution in [0.1, 0.15) is 70.5 Å². The Morgan fingerprint density at radius 2 is 1.89 bits per heavy atom. The van der Waals surface area contributed by atoms with Crippen LogP contribution in [0.3, 0.4) is 0 Å². The third-order valence-corrected chi connectivity index (χ3v) is 3.96. The lowest BCUT2D eigenvalue weighted by atomic mass is 10.0. The van der Waals surface area contributed by atoms with E-state index in [1.807, 2.05) is 11.7 Å². The first kappa shape index (κ1) is 16.6. The molecule has 1 heterocycles. The SMILES string of the molecule is CCCCCCCC(NCCC)c1c(Br)nnn1C. The van der Waals surface area contributed by atoms with Crippen LogP contribution >= 0.6 is 15.9 Å². The van der Waals surface area contributed by atoms with E-state index in [1.165, 1.54) is 37.8 Å². The minimum atomic E-state index is 0.357. The van der Waals surface area contributed by atoms with Crippen molar-refractivity contribution in [1.82, 2.24) is 20.3 Å². The lowest BCUT2D eigenvalue weighted by molar-refractivity contribution is 0.442. The van der Waals surface area contributed by atoms with Crippen molar-refractivity contribution in [3.05, 3.63) is 10.3 Å². The topological polar surface area (TPSA) is 42.7 Å². The maximum atomic E-state index is 4.09. The lowest BCUT2D eigenvalue weighted by Crippen LogP contribution is -2.24. The lowest BCUT2D eigenvalue weighted by Gasteiger charge is -2.18. The zero-order valence-electron chi connectivity index (χ0n) is 12.5. The van der Waals surface area contributed by atoms with E-state index in [9.17, 15) is 0 Å². The van der Waals surface area contributed by atoms with Gasteiger partial charge in [0.05, 0.1) is 11.7 Å². The molecule has 1 aromatic heterocycles. The Balaban J connectivity index is 2.52. The van der Waals surface area contributed by atoms with Crippen LogP contribution in [-0.2, 0) is 7.05 Å². The number of halogens is 1. The van der Waals surface area contributed by atoms with E-state index in [0.29, 0.717) is 6.04 Å². The zero-order valence-corrected chi connectivity index (χ0v) is 14.0. The largest absolute Gasteiger partial charge is 0.309 e. The zero-order chi connectivity index (χ0) is 14.1. The fourth-order valence-electron chi connectivity index (χ4n) is 2.31. The van der Waals surface area contributed by atoms with Crippen molar-refractivity contribution >= 4 is 15.9 Å². The van der Waals surface area contributed by atoms with Crippen molar-refractivity contribution in [3.63, 3.8) is 0 Å². The summed E-state index contributed by atoms with van der Waals surface area (Å²) in [4.78, 5) is 0. The molecule has 1 N–H and O–H groups in total. The third kappa shape index (κ3) is 5.61. The standard InChI is InChI=1S/C14H27BrN4/c1-4-6-7-8-9-10-12(16-11-5-2)13-14(15)17-18-19(13)3/h12,16H,4-11H2,1-3H3. The molecule has 1 atom stereocenters. The Morgan fingerprint density at radius 3 is 2.47 bits per heavy atom. The summed E-state index contributed by atoms with van der Waals surface area (Å²) < 4.78 is 2.75. The highest BCUT2D eigenvalue weighted by Crippen LogP contribution is 2.25. The monoisotopic (exact) mass is 330 g/mol. The predicted octanol–water partition coefficient (Wildman–Crippen LogP) is 3.98. The van der Waals surface area contributed by atoms with E-state index in [4.69, 9.17) is 0 Å². The summed E-state index contributed by atoms with van der Waals surface area (Å²) in [5, 5.41) is 11.8. The van der Waals surface area contributed by atoms with Gasteiger partial charge in [0.2, 0.25) is 0 Å². The molecule has 0 aliphatic rings.